The molecule has 2 atom stereocenters. The fourth-order valence-corrected chi connectivity index (χ4v) is 3.31. The summed E-state index contributed by atoms with van der Waals surface area (Å²) in [7, 11) is 0. The second-order valence-electron chi connectivity index (χ2n) is 3.63. The third kappa shape index (κ3) is 1.79. The monoisotopic (exact) mass is 227 g/mol. The number of thioether (sulfide) groups is 1. The standard InChI is InChI=1S/C11H14ClNS/c1-2-10-11(13)9-5-8(12)4-3-7(9)6-14-10/h3-5,10-11H,2,6,13H2,1H3. The molecule has 1 nitrogen and oxygen atoms in total. The van der Waals surface area contributed by atoms with Crippen LogP contribution >= 0.6 is 23.4 Å². The van der Waals surface area contributed by atoms with E-state index in [2.05, 4.69) is 13.0 Å². The van der Waals surface area contributed by atoms with Gasteiger partial charge in [0.25, 0.3) is 0 Å². The van der Waals surface area contributed by atoms with E-state index in [0.29, 0.717) is 5.25 Å². The van der Waals surface area contributed by atoms with Gasteiger partial charge in [0.05, 0.1) is 0 Å². The van der Waals surface area contributed by atoms with E-state index in [1.807, 2.05) is 23.9 Å². The average Bonchev–Trinajstić information content (AvgIpc) is 2.20. The van der Waals surface area contributed by atoms with E-state index in [-0.39, 0.29) is 6.04 Å². The van der Waals surface area contributed by atoms with Crippen LogP contribution < -0.4 is 5.73 Å². The van der Waals surface area contributed by atoms with Gasteiger partial charge in [0.1, 0.15) is 0 Å². The first-order chi connectivity index (χ1) is 6.72. The molecule has 1 aromatic carbocycles. The van der Waals surface area contributed by atoms with E-state index < -0.39 is 0 Å². The van der Waals surface area contributed by atoms with Crippen LogP contribution in [0.1, 0.15) is 30.5 Å². The molecule has 76 valence electrons. The lowest BCUT2D eigenvalue weighted by molar-refractivity contribution is 0.643. The minimum atomic E-state index is 0.146. The summed E-state index contributed by atoms with van der Waals surface area (Å²) >= 11 is 7.92. The molecule has 0 saturated carbocycles. The minimum Gasteiger partial charge on any atom is -0.323 e. The highest BCUT2D eigenvalue weighted by Gasteiger charge is 2.25. The summed E-state index contributed by atoms with van der Waals surface area (Å²) in [6, 6.07) is 6.20. The summed E-state index contributed by atoms with van der Waals surface area (Å²) in [4.78, 5) is 0. The van der Waals surface area contributed by atoms with E-state index in [0.717, 1.165) is 17.2 Å². The van der Waals surface area contributed by atoms with Gasteiger partial charge in [0, 0.05) is 22.1 Å². The zero-order valence-electron chi connectivity index (χ0n) is 8.16. The Balaban J connectivity index is 2.38. The van der Waals surface area contributed by atoms with Gasteiger partial charge in [-0.05, 0) is 29.7 Å². The summed E-state index contributed by atoms with van der Waals surface area (Å²) in [6.45, 7) is 2.19. The minimum absolute atomic E-state index is 0.146. The molecular formula is C11H14ClNS. The van der Waals surface area contributed by atoms with Crippen LogP contribution in [-0.2, 0) is 5.75 Å². The predicted molar refractivity (Wildman–Crippen MR) is 63.8 cm³/mol. The molecule has 1 aromatic rings. The summed E-state index contributed by atoms with van der Waals surface area (Å²) < 4.78 is 0. The molecule has 0 aliphatic carbocycles. The third-order valence-electron chi connectivity index (χ3n) is 2.72. The Kier molecular flexibility index (Phi) is 3.05. The number of nitrogens with two attached hydrogens (primary N) is 1. The van der Waals surface area contributed by atoms with Gasteiger partial charge in [-0.25, -0.2) is 0 Å². The lowest BCUT2D eigenvalue weighted by Gasteiger charge is -2.29. The second kappa shape index (κ2) is 4.13. The number of fused-ring (bicyclic) bond motifs is 1. The van der Waals surface area contributed by atoms with Crippen LogP contribution in [0.15, 0.2) is 18.2 Å². The van der Waals surface area contributed by atoms with Crippen LogP contribution in [-0.4, -0.2) is 5.25 Å². The van der Waals surface area contributed by atoms with Crippen molar-refractivity contribution in [3.05, 3.63) is 34.3 Å². The molecule has 0 saturated heterocycles. The Labute approximate surface area is 94.0 Å². The van der Waals surface area contributed by atoms with Gasteiger partial charge < -0.3 is 5.73 Å². The highest BCUT2D eigenvalue weighted by atomic mass is 35.5. The van der Waals surface area contributed by atoms with Crippen molar-refractivity contribution in [1.82, 2.24) is 0 Å². The maximum Gasteiger partial charge on any atom is 0.0419 e. The van der Waals surface area contributed by atoms with Crippen molar-refractivity contribution >= 4 is 23.4 Å². The number of hydrogen-bond donors (Lipinski definition) is 1. The van der Waals surface area contributed by atoms with E-state index in [4.69, 9.17) is 17.3 Å². The highest BCUT2D eigenvalue weighted by molar-refractivity contribution is 7.99. The van der Waals surface area contributed by atoms with E-state index in [1.54, 1.807) is 0 Å². The van der Waals surface area contributed by atoms with Gasteiger partial charge in [0.15, 0.2) is 0 Å². The van der Waals surface area contributed by atoms with Crippen LogP contribution in [0.25, 0.3) is 0 Å². The number of hydrogen-bond acceptors (Lipinski definition) is 2. The van der Waals surface area contributed by atoms with Crippen molar-refractivity contribution in [2.75, 3.05) is 0 Å². The second-order valence-corrected chi connectivity index (χ2v) is 5.29. The molecule has 1 aliphatic rings. The number of halogens is 1. The molecule has 0 spiro atoms. The Morgan fingerprint density at radius 1 is 1.57 bits per heavy atom. The van der Waals surface area contributed by atoms with Crippen molar-refractivity contribution in [3.63, 3.8) is 0 Å². The van der Waals surface area contributed by atoms with Gasteiger partial charge in [-0.3, -0.25) is 0 Å². The molecule has 1 aliphatic heterocycles. The Hall–Kier alpha value is -0.180. The van der Waals surface area contributed by atoms with Crippen molar-refractivity contribution in [3.8, 4) is 0 Å². The summed E-state index contributed by atoms with van der Waals surface area (Å²) in [6.07, 6.45) is 1.12. The molecule has 2 N–H and O–H groups in total. The number of benzene rings is 1. The summed E-state index contributed by atoms with van der Waals surface area (Å²) in [5, 5.41) is 1.34. The smallest absolute Gasteiger partial charge is 0.0419 e. The highest BCUT2D eigenvalue weighted by Crippen LogP contribution is 2.38. The summed E-state index contributed by atoms with van der Waals surface area (Å²) in [5.74, 6) is 1.07. The van der Waals surface area contributed by atoms with Crippen molar-refractivity contribution in [2.45, 2.75) is 30.4 Å². The first kappa shape index (κ1) is 10.3. The van der Waals surface area contributed by atoms with Gasteiger partial charge in [-0.15, -0.1) is 0 Å². The molecule has 3 heteroatoms. The van der Waals surface area contributed by atoms with E-state index >= 15 is 0 Å². The zero-order valence-corrected chi connectivity index (χ0v) is 9.74. The van der Waals surface area contributed by atoms with Gasteiger partial charge in [-0.2, -0.15) is 11.8 Å². The van der Waals surface area contributed by atoms with Crippen LogP contribution in [0.4, 0.5) is 0 Å². The molecule has 14 heavy (non-hydrogen) atoms. The fourth-order valence-electron chi connectivity index (χ4n) is 1.88. The normalized spacial score (nSPS) is 25.9. The first-order valence-electron chi connectivity index (χ1n) is 4.88. The average molecular weight is 228 g/mol. The fraction of sp³-hybridized carbons (Fsp3) is 0.455. The lowest BCUT2D eigenvalue weighted by Crippen LogP contribution is -2.27. The topological polar surface area (TPSA) is 26.0 Å². The quantitative estimate of drug-likeness (QED) is 0.796. The molecule has 0 bridgehead atoms. The lowest BCUT2D eigenvalue weighted by atomic mass is 9.97. The summed E-state index contributed by atoms with van der Waals surface area (Å²) in [5.41, 5.74) is 8.77. The molecule has 0 amide bonds. The molecule has 0 aromatic heterocycles. The molecule has 0 radical (unpaired) electrons. The molecular weight excluding hydrogens is 214 g/mol. The van der Waals surface area contributed by atoms with Gasteiger partial charge in [0.2, 0.25) is 0 Å². The van der Waals surface area contributed by atoms with Crippen molar-refractivity contribution in [2.24, 2.45) is 5.73 Å². The first-order valence-corrected chi connectivity index (χ1v) is 6.30. The van der Waals surface area contributed by atoms with E-state index in [9.17, 15) is 0 Å². The molecule has 0 fully saturated rings. The van der Waals surface area contributed by atoms with Gasteiger partial charge >= 0.3 is 0 Å². The Morgan fingerprint density at radius 2 is 2.36 bits per heavy atom. The molecule has 2 rings (SSSR count). The predicted octanol–water partition coefficient (Wildman–Crippen LogP) is 3.37. The van der Waals surface area contributed by atoms with E-state index in [1.165, 1.54) is 11.1 Å². The Morgan fingerprint density at radius 3 is 3.07 bits per heavy atom. The zero-order chi connectivity index (χ0) is 10.1. The van der Waals surface area contributed by atoms with Gasteiger partial charge in [-0.1, -0.05) is 24.6 Å². The molecule has 2 unspecified atom stereocenters. The largest absolute Gasteiger partial charge is 0.323 e. The maximum absolute atomic E-state index is 6.19. The van der Waals surface area contributed by atoms with Crippen molar-refractivity contribution in [1.29, 1.82) is 0 Å². The third-order valence-corrected chi connectivity index (χ3v) is 4.49. The van der Waals surface area contributed by atoms with Crippen LogP contribution in [0.2, 0.25) is 5.02 Å². The number of rotatable bonds is 1. The molecule has 1 heterocycles. The SMILES string of the molecule is CCC1SCc2ccc(Cl)cc2C1N. The van der Waals surface area contributed by atoms with Crippen LogP contribution in [0, 0.1) is 0 Å². The maximum atomic E-state index is 6.19. The van der Waals surface area contributed by atoms with Crippen LogP contribution in [0.3, 0.4) is 0 Å². The van der Waals surface area contributed by atoms with Crippen LogP contribution in [0.5, 0.6) is 0 Å². The van der Waals surface area contributed by atoms with Crippen molar-refractivity contribution < 1.29 is 0 Å². The Bertz CT molecular complexity index is 340.